The topological polar surface area (TPSA) is 110 Å². The minimum Gasteiger partial charge on any atom is -0.379 e. The van der Waals surface area contributed by atoms with Crippen LogP contribution in [0.15, 0.2) is 24.4 Å². The van der Waals surface area contributed by atoms with E-state index in [2.05, 4.69) is 43.5 Å². The monoisotopic (exact) mass is 532 g/mol. The first-order valence-electron chi connectivity index (χ1n) is 12.5. The Hall–Kier alpha value is -3.63. The molecule has 1 aromatic heterocycles. The van der Waals surface area contributed by atoms with Crippen molar-refractivity contribution in [2.75, 3.05) is 81.6 Å². The number of carbonyl (C=O) groups is 1. The fourth-order valence-corrected chi connectivity index (χ4v) is 4.33. The fraction of sp³-hybridized carbons (Fsp3) is 0.520. The van der Waals surface area contributed by atoms with Gasteiger partial charge >= 0.3 is 6.18 Å². The highest BCUT2D eigenvalue weighted by Crippen LogP contribution is 2.34. The molecule has 2 saturated heterocycles. The second-order valence-electron chi connectivity index (χ2n) is 9.23. The van der Waals surface area contributed by atoms with Gasteiger partial charge in [-0.2, -0.15) is 23.4 Å². The van der Waals surface area contributed by atoms with Gasteiger partial charge in [0.15, 0.2) is 0 Å². The third-order valence-electron chi connectivity index (χ3n) is 6.55. The van der Waals surface area contributed by atoms with E-state index >= 15 is 0 Å². The zero-order chi connectivity index (χ0) is 27.1. The maximum absolute atomic E-state index is 13.6. The summed E-state index contributed by atoms with van der Waals surface area (Å²) >= 11 is 0. The first kappa shape index (κ1) is 27.4. The van der Waals surface area contributed by atoms with Crippen molar-refractivity contribution in [3.8, 4) is 6.07 Å². The quantitative estimate of drug-likeness (QED) is 0.496. The van der Waals surface area contributed by atoms with Gasteiger partial charge in [0.25, 0.3) is 0 Å². The van der Waals surface area contributed by atoms with Gasteiger partial charge in [0.2, 0.25) is 11.9 Å². The number of alkyl halides is 3. The molecule has 13 heteroatoms. The smallest absolute Gasteiger partial charge is 0.379 e. The molecule has 0 unspecified atom stereocenters. The summed E-state index contributed by atoms with van der Waals surface area (Å²) in [7, 11) is 2.06. The van der Waals surface area contributed by atoms with Gasteiger partial charge in [-0.1, -0.05) is 0 Å². The Bertz CT molecular complexity index is 1160. The standard InChI is InChI=1S/C25H31F3N8O2/c1-34-8-10-35(11-9-34)19-3-4-21(18(15-19)16-29)32-24-31-17-20(25(26,27)28)23(33-24)30-6-2-7-36-12-14-38-13-5-22(36)37/h3-4,15,17H,2,5-14H2,1H3,(H2,30,31,32,33). The highest BCUT2D eigenvalue weighted by molar-refractivity contribution is 5.76. The number of benzene rings is 1. The van der Waals surface area contributed by atoms with Crippen molar-refractivity contribution < 1.29 is 22.7 Å². The molecule has 3 heterocycles. The second-order valence-corrected chi connectivity index (χ2v) is 9.23. The number of hydrogen-bond acceptors (Lipinski definition) is 9. The predicted molar refractivity (Wildman–Crippen MR) is 136 cm³/mol. The third-order valence-corrected chi connectivity index (χ3v) is 6.55. The van der Waals surface area contributed by atoms with Gasteiger partial charge in [-0.25, -0.2) is 4.98 Å². The highest BCUT2D eigenvalue weighted by atomic mass is 19.4. The number of hydrogen-bond donors (Lipinski definition) is 2. The lowest BCUT2D eigenvalue weighted by Gasteiger charge is -2.34. The van der Waals surface area contributed by atoms with Crippen molar-refractivity contribution in [3.63, 3.8) is 0 Å². The predicted octanol–water partition coefficient (Wildman–Crippen LogP) is 2.91. The van der Waals surface area contributed by atoms with Crippen LogP contribution in [0.25, 0.3) is 0 Å². The van der Waals surface area contributed by atoms with E-state index in [9.17, 15) is 23.2 Å². The summed E-state index contributed by atoms with van der Waals surface area (Å²) in [5, 5.41) is 15.3. The first-order valence-corrected chi connectivity index (χ1v) is 12.5. The number of nitriles is 1. The zero-order valence-corrected chi connectivity index (χ0v) is 21.2. The van der Waals surface area contributed by atoms with Crippen LogP contribution in [0.1, 0.15) is 24.0 Å². The maximum atomic E-state index is 13.6. The number of halogens is 3. The molecular weight excluding hydrogens is 501 g/mol. The molecule has 0 bridgehead atoms. The molecule has 204 valence electrons. The summed E-state index contributed by atoms with van der Waals surface area (Å²) in [6, 6.07) is 7.48. The SMILES string of the molecule is CN1CCN(c2ccc(Nc3ncc(C(F)(F)F)c(NCCCN4CCOCCC4=O)n3)c(C#N)c2)CC1. The zero-order valence-electron chi connectivity index (χ0n) is 21.2. The Kier molecular flexibility index (Phi) is 8.85. The van der Waals surface area contributed by atoms with E-state index in [1.165, 1.54) is 0 Å². The minimum absolute atomic E-state index is 0.0288. The average molecular weight is 533 g/mol. The summed E-state index contributed by atoms with van der Waals surface area (Å²) in [5.74, 6) is -0.462. The Labute approximate surface area is 219 Å². The Balaban J connectivity index is 1.45. The molecule has 2 aliphatic heterocycles. The van der Waals surface area contributed by atoms with Gasteiger partial charge in [0.05, 0.1) is 30.9 Å². The summed E-state index contributed by atoms with van der Waals surface area (Å²) in [6.45, 7) is 5.37. The van der Waals surface area contributed by atoms with E-state index < -0.39 is 11.7 Å². The molecular formula is C25H31F3N8O2. The van der Waals surface area contributed by atoms with Gasteiger partial charge in [-0.15, -0.1) is 0 Å². The number of rotatable bonds is 8. The second kappa shape index (κ2) is 12.3. The molecule has 0 spiro atoms. The number of carbonyl (C=O) groups excluding carboxylic acids is 1. The molecule has 4 rings (SSSR count). The van der Waals surface area contributed by atoms with Crippen LogP contribution in [0.4, 0.5) is 36.3 Å². The molecule has 2 aliphatic rings. The highest BCUT2D eigenvalue weighted by Gasteiger charge is 2.35. The molecule has 0 saturated carbocycles. The number of anilines is 4. The van der Waals surface area contributed by atoms with E-state index in [-0.39, 0.29) is 24.2 Å². The molecule has 0 atom stereocenters. The van der Waals surface area contributed by atoms with Gasteiger partial charge in [-0.3, -0.25) is 4.79 Å². The summed E-state index contributed by atoms with van der Waals surface area (Å²) in [5.41, 5.74) is 0.655. The fourth-order valence-electron chi connectivity index (χ4n) is 4.33. The largest absolute Gasteiger partial charge is 0.421 e. The van der Waals surface area contributed by atoms with Gasteiger partial charge in [0, 0.05) is 57.7 Å². The van der Waals surface area contributed by atoms with Crippen LogP contribution in [-0.2, 0) is 15.7 Å². The lowest BCUT2D eigenvalue weighted by atomic mass is 10.1. The number of piperazine rings is 1. The molecule has 10 nitrogen and oxygen atoms in total. The van der Waals surface area contributed by atoms with Crippen molar-refractivity contribution in [1.29, 1.82) is 5.26 Å². The van der Waals surface area contributed by atoms with Crippen molar-refractivity contribution in [1.82, 2.24) is 19.8 Å². The van der Waals surface area contributed by atoms with Gasteiger partial charge < -0.3 is 30.1 Å². The Morgan fingerprint density at radius 1 is 1.16 bits per heavy atom. The number of likely N-dealkylation sites (N-methyl/N-ethyl adjacent to an activating group) is 1. The van der Waals surface area contributed by atoms with E-state index in [1.54, 1.807) is 17.0 Å². The van der Waals surface area contributed by atoms with Crippen LogP contribution in [0.2, 0.25) is 0 Å². The number of nitrogens with zero attached hydrogens (tertiary/aromatic N) is 6. The van der Waals surface area contributed by atoms with Crippen LogP contribution in [0, 0.1) is 11.3 Å². The summed E-state index contributed by atoms with van der Waals surface area (Å²) in [4.78, 5) is 26.1. The summed E-state index contributed by atoms with van der Waals surface area (Å²) < 4.78 is 46.1. The van der Waals surface area contributed by atoms with Crippen LogP contribution in [0.5, 0.6) is 0 Å². The number of aromatic nitrogens is 2. The van der Waals surface area contributed by atoms with Crippen molar-refractivity contribution >= 4 is 29.0 Å². The maximum Gasteiger partial charge on any atom is 0.421 e. The van der Waals surface area contributed by atoms with Crippen LogP contribution < -0.4 is 15.5 Å². The first-order chi connectivity index (χ1) is 18.2. The molecule has 0 aliphatic carbocycles. The van der Waals surface area contributed by atoms with Crippen LogP contribution in [-0.4, -0.2) is 91.7 Å². The van der Waals surface area contributed by atoms with E-state index in [1.807, 2.05) is 6.07 Å². The molecule has 1 amide bonds. The van der Waals surface area contributed by atoms with Gasteiger partial charge in [-0.05, 0) is 31.7 Å². The Morgan fingerprint density at radius 3 is 2.68 bits per heavy atom. The number of nitrogens with one attached hydrogen (secondary N) is 2. The minimum atomic E-state index is -4.65. The van der Waals surface area contributed by atoms with Crippen molar-refractivity contribution in [2.45, 2.75) is 19.0 Å². The molecule has 2 N–H and O–H groups in total. The molecule has 2 fully saturated rings. The molecule has 2 aromatic rings. The van der Waals surface area contributed by atoms with Gasteiger partial charge in [0.1, 0.15) is 17.5 Å². The molecule has 1 aromatic carbocycles. The molecule has 0 radical (unpaired) electrons. The Morgan fingerprint density at radius 2 is 1.95 bits per heavy atom. The normalized spacial score (nSPS) is 17.2. The van der Waals surface area contributed by atoms with Crippen LogP contribution in [0.3, 0.4) is 0 Å². The lowest BCUT2D eigenvalue weighted by Crippen LogP contribution is -2.44. The van der Waals surface area contributed by atoms with Crippen LogP contribution >= 0.6 is 0 Å². The number of amides is 1. The average Bonchev–Trinajstić information content (AvgIpc) is 3.10. The van der Waals surface area contributed by atoms with E-state index in [4.69, 9.17) is 4.74 Å². The van der Waals surface area contributed by atoms with Crippen molar-refractivity contribution in [2.24, 2.45) is 0 Å². The summed E-state index contributed by atoms with van der Waals surface area (Å²) in [6.07, 6.45) is -3.20. The molecule has 38 heavy (non-hydrogen) atoms. The van der Waals surface area contributed by atoms with Crippen molar-refractivity contribution in [3.05, 3.63) is 35.5 Å². The number of ether oxygens (including phenoxy) is 1. The third kappa shape index (κ3) is 7.02. The van der Waals surface area contributed by atoms with E-state index in [0.29, 0.717) is 50.4 Å². The van der Waals surface area contributed by atoms with E-state index in [0.717, 1.165) is 38.1 Å². The lowest BCUT2D eigenvalue weighted by molar-refractivity contribution is -0.137.